The molecule has 2 aromatic rings. The molecule has 0 bridgehead atoms. The van der Waals surface area contributed by atoms with Crippen molar-refractivity contribution in [3.63, 3.8) is 0 Å². The highest BCUT2D eigenvalue weighted by molar-refractivity contribution is 5.85. The Labute approximate surface area is 145 Å². The second kappa shape index (κ2) is 6.07. The zero-order chi connectivity index (χ0) is 17.4. The molecule has 1 saturated heterocycles. The number of carbonyl (C=O) groups excluding carboxylic acids is 1. The number of carbonyl (C=O) groups is 1. The maximum atomic E-state index is 12.9. The highest BCUT2D eigenvalue weighted by Crippen LogP contribution is 2.29. The van der Waals surface area contributed by atoms with Gasteiger partial charge < -0.3 is 14.6 Å². The Hall–Kier alpha value is -2.54. The number of nitrogens with one attached hydrogen (secondary N) is 1. The topological polar surface area (TPSA) is 88.2 Å². The van der Waals surface area contributed by atoms with Crippen LogP contribution < -0.4 is 5.56 Å². The van der Waals surface area contributed by atoms with Crippen LogP contribution in [-0.4, -0.2) is 44.5 Å². The molecule has 4 heterocycles. The molecule has 1 fully saturated rings. The smallest absolute Gasteiger partial charge is 0.254 e. The van der Waals surface area contributed by atoms with Crippen molar-refractivity contribution in [2.24, 2.45) is 0 Å². The zero-order valence-corrected chi connectivity index (χ0v) is 14.1. The van der Waals surface area contributed by atoms with Crippen molar-refractivity contribution >= 4 is 5.91 Å². The van der Waals surface area contributed by atoms with E-state index in [0.717, 1.165) is 18.4 Å². The van der Waals surface area contributed by atoms with Gasteiger partial charge in [-0.25, -0.2) is 4.98 Å². The molecule has 2 aromatic heterocycles. The third-order valence-electron chi connectivity index (χ3n) is 4.99. The summed E-state index contributed by atoms with van der Waals surface area (Å²) in [5.74, 6) is 0.493. The van der Waals surface area contributed by atoms with Gasteiger partial charge in [0.2, 0.25) is 0 Å². The molecule has 25 heavy (non-hydrogen) atoms. The van der Waals surface area contributed by atoms with E-state index >= 15 is 0 Å². The van der Waals surface area contributed by atoms with Crippen LogP contribution in [0.1, 0.15) is 31.0 Å². The molecule has 0 aromatic carbocycles. The van der Waals surface area contributed by atoms with E-state index in [9.17, 15) is 9.59 Å². The number of aromatic amines is 1. The van der Waals surface area contributed by atoms with E-state index in [-0.39, 0.29) is 11.5 Å². The summed E-state index contributed by atoms with van der Waals surface area (Å²) in [6, 6.07) is 3.59. The summed E-state index contributed by atoms with van der Waals surface area (Å²) < 4.78 is 5.67. The van der Waals surface area contributed by atoms with E-state index in [1.165, 1.54) is 0 Å². The van der Waals surface area contributed by atoms with Gasteiger partial charge in [-0.3, -0.25) is 14.6 Å². The van der Waals surface area contributed by atoms with Gasteiger partial charge in [0, 0.05) is 36.7 Å². The number of hydrogen-bond acceptors (Lipinski definition) is 5. The first-order valence-corrected chi connectivity index (χ1v) is 8.53. The van der Waals surface area contributed by atoms with Gasteiger partial charge in [-0.2, -0.15) is 0 Å². The molecule has 0 aliphatic carbocycles. The molecule has 7 heteroatoms. The summed E-state index contributed by atoms with van der Waals surface area (Å²) in [6.07, 6.45) is 5.46. The number of pyridine rings is 1. The van der Waals surface area contributed by atoms with Gasteiger partial charge in [-0.15, -0.1) is 0 Å². The average molecular weight is 340 g/mol. The van der Waals surface area contributed by atoms with E-state index in [4.69, 9.17) is 4.74 Å². The Morgan fingerprint density at radius 1 is 1.36 bits per heavy atom. The van der Waals surface area contributed by atoms with Crippen LogP contribution in [0.3, 0.4) is 0 Å². The van der Waals surface area contributed by atoms with Crippen molar-refractivity contribution < 1.29 is 9.53 Å². The zero-order valence-electron chi connectivity index (χ0n) is 14.1. The van der Waals surface area contributed by atoms with Crippen LogP contribution in [0.2, 0.25) is 0 Å². The number of fused-ring (bicyclic) bond motifs is 1. The minimum absolute atomic E-state index is 0.0109. The summed E-state index contributed by atoms with van der Waals surface area (Å²) in [5, 5.41) is 0. The third kappa shape index (κ3) is 2.84. The van der Waals surface area contributed by atoms with Crippen molar-refractivity contribution in [1.82, 2.24) is 19.9 Å². The van der Waals surface area contributed by atoms with E-state index < -0.39 is 5.60 Å². The number of amides is 1. The average Bonchev–Trinajstić information content (AvgIpc) is 3.09. The first-order chi connectivity index (χ1) is 12.1. The molecule has 1 atom stereocenters. The molecule has 130 valence electrons. The van der Waals surface area contributed by atoms with E-state index in [1.807, 2.05) is 6.92 Å². The molecule has 0 spiro atoms. The van der Waals surface area contributed by atoms with Gasteiger partial charge in [0.15, 0.2) is 0 Å². The molecule has 4 rings (SSSR count). The lowest BCUT2D eigenvalue weighted by molar-refractivity contribution is -0.152. The van der Waals surface area contributed by atoms with Crippen LogP contribution in [-0.2, 0) is 22.5 Å². The Morgan fingerprint density at radius 2 is 2.16 bits per heavy atom. The third-order valence-corrected chi connectivity index (χ3v) is 4.99. The normalized spacial score (nSPS) is 22.7. The van der Waals surface area contributed by atoms with Crippen molar-refractivity contribution in [3.05, 3.63) is 46.1 Å². The predicted molar refractivity (Wildman–Crippen MR) is 90.8 cm³/mol. The summed E-state index contributed by atoms with van der Waals surface area (Å²) in [4.78, 5) is 38.5. The molecular weight excluding hydrogens is 320 g/mol. The van der Waals surface area contributed by atoms with Gasteiger partial charge in [-0.05, 0) is 38.3 Å². The molecule has 1 N–H and O–H groups in total. The predicted octanol–water partition coefficient (Wildman–Crippen LogP) is 1.29. The summed E-state index contributed by atoms with van der Waals surface area (Å²) in [5.41, 5.74) is 1.25. The second-order valence-corrected chi connectivity index (χ2v) is 6.74. The van der Waals surface area contributed by atoms with Crippen LogP contribution >= 0.6 is 0 Å². The number of H-pyrrole nitrogens is 1. The fraction of sp³-hybridized carbons (Fsp3) is 0.444. The molecule has 0 radical (unpaired) electrons. The van der Waals surface area contributed by atoms with Crippen LogP contribution in [0, 0.1) is 0 Å². The lowest BCUT2D eigenvalue weighted by atomic mass is 9.98. The highest BCUT2D eigenvalue weighted by Gasteiger charge is 2.41. The fourth-order valence-electron chi connectivity index (χ4n) is 3.54. The molecule has 2 aliphatic heterocycles. The Kier molecular flexibility index (Phi) is 3.88. The van der Waals surface area contributed by atoms with Crippen molar-refractivity contribution in [2.45, 2.75) is 38.3 Å². The van der Waals surface area contributed by atoms with Crippen LogP contribution in [0.25, 0.3) is 11.4 Å². The molecule has 0 unspecified atom stereocenters. The van der Waals surface area contributed by atoms with Crippen molar-refractivity contribution in [1.29, 1.82) is 0 Å². The van der Waals surface area contributed by atoms with Gasteiger partial charge >= 0.3 is 0 Å². The summed E-state index contributed by atoms with van der Waals surface area (Å²) in [7, 11) is 0. The van der Waals surface area contributed by atoms with E-state index in [2.05, 4.69) is 15.0 Å². The molecule has 0 saturated carbocycles. The minimum Gasteiger partial charge on any atom is -0.365 e. The van der Waals surface area contributed by atoms with Crippen LogP contribution in [0.4, 0.5) is 0 Å². The van der Waals surface area contributed by atoms with Gasteiger partial charge in [-0.1, -0.05) is 0 Å². The SMILES string of the molecule is C[C@]1(C(=O)N2CCc3c(nc(-c4ccncc4)[nH]c3=O)C2)CCCO1. The Bertz CT molecular complexity index is 856. The quantitative estimate of drug-likeness (QED) is 0.890. The minimum atomic E-state index is -0.743. The molecule has 1 amide bonds. The lowest BCUT2D eigenvalue weighted by Crippen LogP contribution is -2.49. The first-order valence-electron chi connectivity index (χ1n) is 8.53. The van der Waals surface area contributed by atoms with Crippen LogP contribution in [0.15, 0.2) is 29.3 Å². The molecular formula is C18H20N4O3. The van der Waals surface area contributed by atoms with Gasteiger partial charge in [0.05, 0.1) is 12.2 Å². The number of nitrogens with zero attached hydrogens (tertiary/aromatic N) is 3. The lowest BCUT2D eigenvalue weighted by Gasteiger charge is -2.33. The monoisotopic (exact) mass is 340 g/mol. The second-order valence-electron chi connectivity index (χ2n) is 6.74. The Morgan fingerprint density at radius 3 is 2.88 bits per heavy atom. The van der Waals surface area contributed by atoms with Crippen molar-refractivity contribution in [3.8, 4) is 11.4 Å². The number of ether oxygens (including phenoxy) is 1. The van der Waals surface area contributed by atoms with Crippen molar-refractivity contribution in [2.75, 3.05) is 13.2 Å². The fourth-order valence-corrected chi connectivity index (χ4v) is 3.54. The largest absolute Gasteiger partial charge is 0.365 e. The number of hydrogen-bond donors (Lipinski definition) is 1. The number of aromatic nitrogens is 3. The maximum absolute atomic E-state index is 12.9. The molecule has 7 nitrogen and oxygen atoms in total. The summed E-state index contributed by atoms with van der Waals surface area (Å²) in [6.45, 7) is 3.33. The highest BCUT2D eigenvalue weighted by atomic mass is 16.5. The molecule has 2 aliphatic rings. The van der Waals surface area contributed by atoms with E-state index in [0.29, 0.717) is 43.2 Å². The van der Waals surface area contributed by atoms with Gasteiger partial charge in [0.1, 0.15) is 11.4 Å². The Balaban J connectivity index is 1.65. The van der Waals surface area contributed by atoms with E-state index in [1.54, 1.807) is 29.4 Å². The number of rotatable bonds is 2. The first kappa shape index (κ1) is 16.0. The van der Waals surface area contributed by atoms with Crippen LogP contribution in [0.5, 0.6) is 0 Å². The van der Waals surface area contributed by atoms with Gasteiger partial charge in [0.25, 0.3) is 11.5 Å². The maximum Gasteiger partial charge on any atom is 0.254 e. The summed E-state index contributed by atoms with van der Waals surface area (Å²) >= 11 is 0. The standard InChI is InChI=1S/C18H20N4O3/c1-18(6-2-10-25-18)17(24)22-9-5-13-14(11-22)20-15(21-16(13)23)12-3-7-19-8-4-12/h3-4,7-8H,2,5-6,9-11H2,1H3,(H,20,21,23)/t18-/m1/s1.